The summed E-state index contributed by atoms with van der Waals surface area (Å²) in [6, 6.07) is 0. The van der Waals surface area contributed by atoms with Crippen LogP contribution in [0, 0.1) is 40.4 Å². The van der Waals surface area contributed by atoms with Gasteiger partial charge in [-0.3, -0.25) is 4.79 Å². The number of hydrogen-bond acceptors (Lipinski definition) is 2. The molecule has 6 unspecified atom stereocenters. The summed E-state index contributed by atoms with van der Waals surface area (Å²) in [7, 11) is 0. The number of Topliss-reactive ketones (excluding diaryl/α,β-unsaturated/α-hetero) is 1. The van der Waals surface area contributed by atoms with E-state index in [-0.39, 0.29) is 5.41 Å². The molecule has 23 heavy (non-hydrogen) atoms. The maximum Gasteiger partial charge on any atom is 0.133 e. The summed E-state index contributed by atoms with van der Waals surface area (Å²) in [5.74, 6) is 4.05. The topological polar surface area (TPSA) is 37.3 Å². The molecule has 0 aromatic heterocycles. The number of fused-ring (bicyclic) bond motifs is 5. The molecule has 4 rings (SSSR count). The SMILES string of the molecule is CC1C[C@@H]2CC(=O)CCC2(C)C2CCC3(C)C(CC[C@@]3(C)O)C12. The Balaban J connectivity index is 1.70. The van der Waals surface area contributed by atoms with E-state index in [0.717, 1.165) is 37.5 Å². The zero-order valence-electron chi connectivity index (χ0n) is 15.4. The van der Waals surface area contributed by atoms with Gasteiger partial charge in [0.05, 0.1) is 5.60 Å². The van der Waals surface area contributed by atoms with E-state index in [1.807, 2.05) is 0 Å². The van der Waals surface area contributed by atoms with Gasteiger partial charge in [-0.25, -0.2) is 0 Å². The van der Waals surface area contributed by atoms with E-state index in [9.17, 15) is 9.90 Å². The summed E-state index contributed by atoms with van der Waals surface area (Å²) in [5.41, 5.74) is -0.000383. The quantitative estimate of drug-likeness (QED) is 0.709. The van der Waals surface area contributed by atoms with Crippen molar-refractivity contribution in [2.45, 2.75) is 84.7 Å². The third-order valence-electron chi connectivity index (χ3n) is 9.40. The Kier molecular flexibility index (Phi) is 3.39. The summed E-state index contributed by atoms with van der Waals surface area (Å²) in [6.45, 7) is 9.40. The second kappa shape index (κ2) is 4.84. The van der Waals surface area contributed by atoms with E-state index in [0.29, 0.717) is 29.0 Å². The summed E-state index contributed by atoms with van der Waals surface area (Å²) in [4.78, 5) is 12.0. The highest BCUT2D eigenvalue weighted by Gasteiger charge is 2.64. The van der Waals surface area contributed by atoms with E-state index >= 15 is 0 Å². The molecule has 0 aliphatic heterocycles. The van der Waals surface area contributed by atoms with Crippen LogP contribution in [-0.4, -0.2) is 16.5 Å². The van der Waals surface area contributed by atoms with Crippen LogP contribution in [0.5, 0.6) is 0 Å². The molecule has 0 saturated heterocycles. The zero-order valence-corrected chi connectivity index (χ0v) is 15.4. The van der Waals surface area contributed by atoms with Crippen LogP contribution in [0.25, 0.3) is 0 Å². The lowest BCUT2D eigenvalue weighted by Crippen LogP contribution is -2.58. The average molecular weight is 319 g/mol. The summed E-state index contributed by atoms with van der Waals surface area (Å²) >= 11 is 0. The van der Waals surface area contributed by atoms with Gasteiger partial charge in [-0.1, -0.05) is 20.8 Å². The normalized spacial score (nSPS) is 59.2. The predicted octanol–water partition coefficient (Wildman–Crippen LogP) is 4.60. The minimum Gasteiger partial charge on any atom is -0.390 e. The molecular weight excluding hydrogens is 284 g/mol. The van der Waals surface area contributed by atoms with Gasteiger partial charge in [0.1, 0.15) is 5.78 Å². The highest BCUT2D eigenvalue weighted by atomic mass is 16.3. The van der Waals surface area contributed by atoms with Crippen LogP contribution in [0.1, 0.15) is 79.1 Å². The maximum absolute atomic E-state index is 12.0. The third kappa shape index (κ3) is 2.00. The van der Waals surface area contributed by atoms with Crippen LogP contribution in [0.3, 0.4) is 0 Å². The average Bonchev–Trinajstić information content (AvgIpc) is 2.72. The van der Waals surface area contributed by atoms with Crippen LogP contribution in [0.15, 0.2) is 0 Å². The second-order valence-corrected chi connectivity index (χ2v) is 10.2. The summed E-state index contributed by atoms with van der Waals surface area (Å²) < 4.78 is 0. The molecule has 2 heteroatoms. The fourth-order valence-electron chi connectivity index (χ4n) is 7.67. The Morgan fingerprint density at radius 2 is 1.74 bits per heavy atom. The van der Waals surface area contributed by atoms with Crippen LogP contribution in [-0.2, 0) is 4.79 Å². The zero-order chi connectivity index (χ0) is 16.6. The number of ketones is 1. The van der Waals surface area contributed by atoms with Crippen molar-refractivity contribution in [2.75, 3.05) is 0 Å². The Labute approximate surface area is 141 Å². The minimum atomic E-state index is -0.483. The van der Waals surface area contributed by atoms with Crippen LogP contribution in [0.4, 0.5) is 0 Å². The largest absolute Gasteiger partial charge is 0.390 e. The van der Waals surface area contributed by atoms with Crippen molar-refractivity contribution in [3.8, 4) is 0 Å². The van der Waals surface area contributed by atoms with Crippen molar-refractivity contribution in [3.05, 3.63) is 0 Å². The molecule has 0 amide bonds. The molecule has 2 nitrogen and oxygen atoms in total. The molecule has 0 radical (unpaired) electrons. The Hall–Kier alpha value is -0.370. The highest BCUT2D eigenvalue weighted by molar-refractivity contribution is 5.79. The van der Waals surface area contributed by atoms with Gasteiger partial charge in [0.2, 0.25) is 0 Å². The molecule has 0 spiro atoms. The minimum absolute atomic E-state index is 0.107. The highest BCUT2D eigenvalue weighted by Crippen LogP contribution is 2.69. The van der Waals surface area contributed by atoms with Crippen molar-refractivity contribution >= 4 is 5.78 Å². The number of rotatable bonds is 0. The molecule has 0 aromatic carbocycles. The fourth-order valence-corrected chi connectivity index (χ4v) is 7.67. The molecule has 4 aliphatic carbocycles. The Morgan fingerprint density at radius 1 is 1.04 bits per heavy atom. The fraction of sp³-hybridized carbons (Fsp3) is 0.952. The number of hydrogen-bond donors (Lipinski definition) is 1. The Morgan fingerprint density at radius 3 is 2.48 bits per heavy atom. The first kappa shape index (κ1) is 16.1. The molecular formula is C21H34O2. The molecule has 4 saturated carbocycles. The van der Waals surface area contributed by atoms with E-state index in [1.54, 1.807) is 0 Å². The van der Waals surface area contributed by atoms with Gasteiger partial charge >= 0.3 is 0 Å². The first-order valence-electron chi connectivity index (χ1n) is 9.93. The summed E-state index contributed by atoms with van der Waals surface area (Å²) in [5, 5.41) is 11.0. The molecule has 1 N–H and O–H groups in total. The van der Waals surface area contributed by atoms with Gasteiger partial charge < -0.3 is 5.11 Å². The van der Waals surface area contributed by atoms with Gasteiger partial charge in [-0.15, -0.1) is 0 Å². The van der Waals surface area contributed by atoms with Gasteiger partial charge in [0, 0.05) is 12.8 Å². The van der Waals surface area contributed by atoms with Gasteiger partial charge in [-0.2, -0.15) is 0 Å². The molecule has 4 aliphatic rings. The van der Waals surface area contributed by atoms with Crippen LogP contribution < -0.4 is 0 Å². The molecule has 8 atom stereocenters. The number of aliphatic hydroxyl groups is 1. The standard InChI is InChI=1S/C21H34O2/c1-13-11-14-12-15(22)5-8-19(14,2)16-6-9-20(3)17(18(13)16)7-10-21(20,4)23/h13-14,16-18,23H,5-12H2,1-4H3/t13?,14-,16?,17?,18?,19?,20?,21-/m1/s1. The molecule has 0 bridgehead atoms. The maximum atomic E-state index is 12.0. The lowest BCUT2D eigenvalue weighted by molar-refractivity contribution is -0.165. The van der Waals surface area contributed by atoms with E-state index in [1.165, 1.54) is 25.7 Å². The van der Waals surface area contributed by atoms with E-state index in [2.05, 4.69) is 27.7 Å². The van der Waals surface area contributed by atoms with Gasteiger partial charge in [-0.05, 0) is 85.9 Å². The van der Waals surface area contributed by atoms with E-state index < -0.39 is 5.60 Å². The Bertz CT molecular complexity index is 524. The first-order chi connectivity index (χ1) is 10.7. The first-order valence-corrected chi connectivity index (χ1v) is 9.93. The van der Waals surface area contributed by atoms with Crippen LogP contribution in [0.2, 0.25) is 0 Å². The number of carbonyl (C=O) groups is 1. The van der Waals surface area contributed by atoms with Gasteiger partial charge in [0.25, 0.3) is 0 Å². The molecule has 0 heterocycles. The predicted molar refractivity (Wildman–Crippen MR) is 91.9 cm³/mol. The van der Waals surface area contributed by atoms with Crippen molar-refractivity contribution in [1.82, 2.24) is 0 Å². The lowest BCUT2D eigenvalue weighted by atomic mass is 9.42. The van der Waals surface area contributed by atoms with Crippen molar-refractivity contribution in [3.63, 3.8) is 0 Å². The van der Waals surface area contributed by atoms with Crippen LogP contribution >= 0.6 is 0 Å². The van der Waals surface area contributed by atoms with Crippen molar-refractivity contribution < 1.29 is 9.90 Å². The lowest BCUT2D eigenvalue weighted by Gasteiger charge is -2.62. The van der Waals surface area contributed by atoms with Crippen molar-refractivity contribution in [1.29, 1.82) is 0 Å². The second-order valence-electron chi connectivity index (χ2n) is 10.2. The van der Waals surface area contributed by atoms with E-state index in [4.69, 9.17) is 0 Å². The number of carbonyl (C=O) groups excluding carboxylic acids is 1. The monoisotopic (exact) mass is 318 g/mol. The molecule has 0 aromatic rings. The van der Waals surface area contributed by atoms with Gasteiger partial charge in [0.15, 0.2) is 0 Å². The molecule has 4 fully saturated rings. The smallest absolute Gasteiger partial charge is 0.133 e. The summed E-state index contributed by atoms with van der Waals surface area (Å²) in [6.07, 6.45) is 8.61. The molecule has 130 valence electrons. The third-order valence-corrected chi connectivity index (χ3v) is 9.40. The van der Waals surface area contributed by atoms with Crippen molar-refractivity contribution in [2.24, 2.45) is 40.4 Å².